The molecular formula is C25H30N3O5+. The number of fused-ring (bicyclic) bond motifs is 1. The van der Waals surface area contributed by atoms with Gasteiger partial charge in [0.25, 0.3) is 0 Å². The van der Waals surface area contributed by atoms with Gasteiger partial charge >= 0.3 is 17.5 Å². The van der Waals surface area contributed by atoms with Crippen molar-refractivity contribution in [1.29, 1.82) is 0 Å². The lowest BCUT2D eigenvalue weighted by Crippen LogP contribution is -2.41. The third kappa shape index (κ3) is 4.71. The van der Waals surface area contributed by atoms with E-state index in [4.69, 9.17) is 14.5 Å². The van der Waals surface area contributed by atoms with Gasteiger partial charge in [0.15, 0.2) is 0 Å². The lowest BCUT2D eigenvalue weighted by Gasteiger charge is -2.41. The number of carbonyl (C=O) groups excluding carboxylic acids is 1. The number of amides is 1. The molecule has 0 atom stereocenters. The van der Waals surface area contributed by atoms with Crippen molar-refractivity contribution < 1.29 is 29.3 Å². The number of ether oxygens (including phenoxy) is 2. The first kappa shape index (κ1) is 22.8. The van der Waals surface area contributed by atoms with E-state index in [1.165, 1.54) is 13.2 Å². The van der Waals surface area contributed by atoms with E-state index >= 15 is 0 Å². The van der Waals surface area contributed by atoms with Gasteiger partial charge in [0.05, 0.1) is 46.9 Å². The van der Waals surface area contributed by atoms with Gasteiger partial charge in [0, 0.05) is 17.4 Å². The van der Waals surface area contributed by atoms with Crippen LogP contribution in [0.5, 0.6) is 11.6 Å². The predicted molar refractivity (Wildman–Crippen MR) is 122 cm³/mol. The number of hydrogen-bond acceptors (Lipinski definition) is 6. The molecule has 1 aromatic carbocycles. The van der Waals surface area contributed by atoms with Crippen LogP contribution in [0, 0.1) is 11.8 Å². The van der Waals surface area contributed by atoms with E-state index in [0.717, 1.165) is 29.1 Å². The van der Waals surface area contributed by atoms with Crippen LogP contribution in [0.1, 0.15) is 44.1 Å². The summed E-state index contributed by atoms with van der Waals surface area (Å²) in [6.07, 6.45) is 6.02. The molecular weight excluding hydrogens is 422 g/mol. The van der Waals surface area contributed by atoms with Crippen molar-refractivity contribution in [2.45, 2.75) is 39.2 Å². The van der Waals surface area contributed by atoms with Crippen molar-refractivity contribution in [3.8, 4) is 11.6 Å². The third-order valence-corrected chi connectivity index (χ3v) is 6.18. The zero-order valence-electron chi connectivity index (χ0n) is 19.3. The monoisotopic (exact) mass is 452 g/mol. The van der Waals surface area contributed by atoms with Gasteiger partial charge < -0.3 is 19.9 Å². The first-order chi connectivity index (χ1) is 15.7. The lowest BCUT2D eigenvalue weighted by molar-refractivity contribution is -0.907. The molecule has 1 fully saturated rings. The molecule has 1 aliphatic heterocycles. The summed E-state index contributed by atoms with van der Waals surface area (Å²) in [7, 11) is 1.41. The highest BCUT2D eigenvalue weighted by Crippen LogP contribution is 2.42. The van der Waals surface area contributed by atoms with Gasteiger partial charge in [-0.2, -0.15) is 0 Å². The Balaban J connectivity index is 1.59. The topological polar surface area (TPSA) is 104 Å². The van der Waals surface area contributed by atoms with Crippen LogP contribution in [-0.4, -0.2) is 35.5 Å². The summed E-state index contributed by atoms with van der Waals surface area (Å²) in [5.41, 5.74) is 0.736. The van der Waals surface area contributed by atoms with Crippen LogP contribution in [0.3, 0.4) is 0 Å². The van der Waals surface area contributed by atoms with Crippen LogP contribution in [0.25, 0.3) is 6.08 Å². The first-order valence-electron chi connectivity index (χ1n) is 11.1. The molecule has 1 aliphatic carbocycles. The van der Waals surface area contributed by atoms with Crippen molar-refractivity contribution in [1.82, 2.24) is 0 Å². The molecule has 0 unspecified atom stereocenters. The Morgan fingerprint density at radius 3 is 2.76 bits per heavy atom. The smallest absolute Gasteiger partial charge is 0.417 e. The maximum absolute atomic E-state index is 12.9. The van der Waals surface area contributed by atoms with Gasteiger partial charge in [-0.25, -0.2) is 4.99 Å². The predicted octanol–water partition coefficient (Wildman–Crippen LogP) is 1.97. The zero-order valence-corrected chi connectivity index (χ0v) is 19.3. The fourth-order valence-electron chi connectivity index (χ4n) is 4.20. The molecule has 1 aromatic heterocycles. The number of benzene rings is 1. The van der Waals surface area contributed by atoms with E-state index in [-0.39, 0.29) is 11.6 Å². The van der Waals surface area contributed by atoms with E-state index in [2.05, 4.69) is 11.4 Å². The van der Waals surface area contributed by atoms with Crippen molar-refractivity contribution in [2.24, 2.45) is 16.8 Å². The molecule has 1 saturated carbocycles. The number of nitrogens with zero attached hydrogens (tertiary/aromatic N) is 2. The SMILES string of the molecule is CCOc1cc2c(cc1NC(=O)c1cccc(OC)[n+]1O)=C/C(=C/C1CC(C(C)(C)O)C1)N=2. The third-order valence-electron chi connectivity index (χ3n) is 6.18. The van der Waals surface area contributed by atoms with E-state index in [1.54, 1.807) is 12.1 Å². The Morgan fingerprint density at radius 1 is 1.33 bits per heavy atom. The van der Waals surface area contributed by atoms with Crippen LogP contribution in [0.4, 0.5) is 5.69 Å². The molecule has 33 heavy (non-hydrogen) atoms. The summed E-state index contributed by atoms with van der Waals surface area (Å²) in [6, 6.07) is 8.30. The maximum atomic E-state index is 12.9. The second-order valence-electron chi connectivity index (χ2n) is 8.99. The zero-order chi connectivity index (χ0) is 23.8. The quantitative estimate of drug-likeness (QED) is 0.440. The fourth-order valence-corrected chi connectivity index (χ4v) is 4.20. The van der Waals surface area contributed by atoms with Crippen molar-refractivity contribution in [2.75, 3.05) is 19.0 Å². The number of anilines is 1. The summed E-state index contributed by atoms with van der Waals surface area (Å²) >= 11 is 0. The average molecular weight is 453 g/mol. The Kier molecular flexibility index (Phi) is 6.12. The van der Waals surface area contributed by atoms with E-state index in [9.17, 15) is 15.1 Å². The average Bonchev–Trinajstić information content (AvgIpc) is 3.11. The highest BCUT2D eigenvalue weighted by molar-refractivity contribution is 6.02. The fraction of sp³-hybridized carbons (Fsp3) is 0.400. The van der Waals surface area contributed by atoms with Crippen LogP contribution >= 0.6 is 0 Å². The molecule has 0 saturated heterocycles. The number of rotatable bonds is 7. The minimum Gasteiger partial charge on any atom is -0.492 e. The van der Waals surface area contributed by atoms with Crippen LogP contribution < -0.4 is 30.1 Å². The summed E-state index contributed by atoms with van der Waals surface area (Å²) in [5.74, 6) is 0.840. The number of allylic oxidation sites excluding steroid dienone is 2. The Morgan fingerprint density at radius 2 is 2.09 bits per heavy atom. The lowest BCUT2D eigenvalue weighted by atomic mass is 9.67. The molecule has 174 valence electrons. The van der Waals surface area contributed by atoms with Gasteiger partial charge in [-0.15, -0.1) is 0 Å². The molecule has 8 heteroatoms. The number of hydrogen-bond donors (Lipinski definition) is 3. The van der Waals surface area contributed by atoms with Crippen LogP contribution in [0.2, 0.25) is 0 Å². The highest BCUT2D eigenvalue weighted by Gasteiger charge is 2.37. The van der Waals surface area contributed by atoms with E-state index < -0.39 is 11.5 Å². The van der Waals surface area contributed by atoms with Gasteiger partial charge in [0.2, 0.25) is 0 Å². The molecule has 4 rings (SSSR count). The maximum Gasteiger partial charge on any atom is 0.417 e. The van der Waals surface area contributed by atoms with Crippen molar-refractivity contribution >= 4 is 17.7 Å². The molecule has 0 spiro atoms. The second-order valence-corrected chi connectivity index (χ2v) is 8.99. The number of aromatic nitrogens is 1. The van der Waals surface area contributed by atoms with E-state index in [1.807, 2.05) is 39.0 Å². The van der Waals surface area contributed by atoms with Crippen molar-refractivity contribution in [3.63, 3.8) is 0 Å². The summed E-state index contributed by atoms with van der Waals surface area (Å²) < 4.78 is 11.5. The van der Waals surface area contributed by atoms with Crippen molar-refractivity contribution in [3.05, 3.63) is 58.4 Å². The molecule has 2 aliphatic rings. The second kappa shape index (κ2) is 8.86. The summed E-state index contributed by atoms with van der Waals surface area (Å²) in [4.78, 5) is 17.6. The molecule has 2 aromatic rings. The standard InChI is InChI=1S/C25H29N3O5/c1-5-33-22-14-19-16(12-18(26-19)11-15-9-17(10-15)25(2,3)30)13-20(22)27-24(29)21-7-6-8-23(32-4)28(21)31/h6-8,11-15,17,30H,5,9-10H2,1-4H3,(H-,27,29,31)/p+1/b18-11-. The first-order valence-corrected chi connectivity index (χ1v) is 11.1. The van der Waals surface area contributed by atoms with E-state index in [0.29, 0.717) is 34.6 Å². The summed E-state index contributed by atoms with van der Waals surface area (Å²) in [6.45, 7) is 6.01. The van der Waals surface area contributed by atoms with Gasteiger partial charge in [-0.05, 0) is 63.7 Å². The number of pyridine rings is 1. The van der Waals surface area contributed by atoms with Gasteiger partial charge in [-0.1, -0.05) is 6.08 Å². The Labute approximate surface area is 192 Å². The molecule has 3 N–H and O–H groups in total. The number of methoxy groups -OCH3 is 1. The van der Waals surface area contributed by atoms with Crippen LogP contribution in [0.15, 0.2) is 47.1 Å². The summed E-state index contributed by atoms with van der Waals surface area (Å²) in [5, 5.41) is 24.9. The van der Waals surface area contributed by atoms with Gasteiger partial charge in [0.1, 0.15) is 5.75 Å². The van der Waals surface area contributed by atoms with Gasteiger partial charge in [-0.3, -0.25) is 10.0 Å². The molecule has 1 amide bonds. The number of aliphatic hydroxyl groups is 1. The Bertz CT molecular complexity index is 1220. The minimum atomic E-state index is -0.649. The molecule has 8 nitrogen and oxygen atoms in total. The number of carbonyl (C=O) groups is 1. The normalized spacial score (nSPS) is 20.3. The highest BCUT2D eigenvalue weighted by atomic mass is 16.5. The largest absolute Gasteiger partial charge is 0.492 e. The Hall–Kier alpha value is -3.39. The minimum absolute atomic E-state index is 0.0258. The molecule has 2 heterocycles. The van der Waals surface area contributed by atoms with Crippen LogP contribution in [-0.2, 0) is 0 Å². The molecule has 0 bridgehead atoms. The molecule has 0 radical (unpaired) electrons. The number of nitrogens with one attached hydrogen (secondary N) is 1.